The average Bonchev–Trinajstić information content (AvgIpc) is 2.03. The van der Waals surface area contributed by atoms with Crippen molar-refractivity contribution in [3.05, 3.63) is 0 Å². The first-order valence-electron chi connectivity index (χ1n) is 5.42. The maximum Gasteiger partial charge on any atom is 0.224 e. The first kappa shape index (κ1) is 11.5. The van der Waals surface area contributed by atoms with Crippen LogP contribution in [0.15, 0.2) is 0 Å². The molecule has 0 spiro atoms. The van der Waals surface area contributed by atoms with Gasteiger partial charge in [-0.15, -0.1) is 0 Å². The fraction of sp³-hybridized carbons (Fsp3) is 0.909. The summed E-state index contributed by atoms with van der Waals surface area (Å²) in [7, 11) is 0. The Kier molecular flexibility index (Phi) is 3.53. The third-order valence-corrected chi connectivity index (χ3v) is 2.61. The standard InChI is InChI=1S/C11H22N2O/c1-9-7-12-6-5-10(14)13(8-9)11(2,3)4/h9,12H,5-8H2,1-4H3. The molecule has 0 saturated carbocycles. The van der Waals surface area contributed by atoms with Gasteiger partial charge in [-0.3, -0.25) is 4.79 Å². The fourth-order valence-corrected chi connectivity index (χ4v) is 1.80. The van der Waals surface area contributed by atoms with Gasteiger partial charge in [0.05, 0.1) is 0 Å². The zero-order valence-electron chi connectivity index (χ0n) is 9.76. The van der Waals surface area contributed by atoms with E-state index in [0.29, 0.717) is 12.3 Å². The Bertz CT molecular complexity index is 208. The van der Waals surface area contributed by atoms with Gasteiger partial charge < -0.3 is 10.2 Å². The van der Waals surface area contributed by atoms with Crippen molar-refractivity contribution in [1.29, 1.82) is 0 Å². The second kappa shape index (κ2) is 4.30. The van der Waals surface area contributed by atoms with Gasteiger partial charge in [0.25, 0.3) is 0 Å². The Morgan fingerprint density at radius 3 is 2.64 bits per heavy atom. The molecule has 0 radical (unpaired) electrons. The number of hydrogen-bond acceptors (Lipinski definition) is 2. The van der Waals surface area contributed by atoms with Gasteiger partial charge in [-0.05, 0) is 33.2 Å². The van der Waals surface area contributed by atoms with Gasteiger partial charge in [0.2, 0.25) is 5.91 Å². The highest BCUT2D eigenvalue weighted by molar-refractivity contribution is 5.77. The lowest BCUT2D eigenvalue weighted by Gasteiger charge is -2.39. The molecule has 1 rings (SSSR count). The molecule has 3 nitrogen and oxygen atoms in total. The summed E-state index contributed by atoms with van der Waals surface area (Å²) in [5.41, 5.74) is -0.0390. The summed E-state index contributed by atoms with van der Waals surface area (Å²) >= 11 is 0. The summed E-state index contributed by atoms with van der Waals surface area (Å²) in [6.45, 7) is 11.2. The lowest BCUT2D eigenvalue weighted by atomic mass is 10.0. The van der Waals surface area contributed by atoms with Gasteiger partial charge >= 0.3 is 0 Å². The van der Waals surface area contributed by atoms with Crippen molar-refractivity contribution in [3.63, 3.8) is 0 Å². The molecule has 1 aliphatic heterocycles. The van der Waals surface area contributed by atoms with Crippen molar-refractivity contribution in [3.8, 4) is 0 Å². The molecule has 1 heterocycles. The summed E-state index contributed by atoms with van der Waals surface area (Å²) < 4.78 is 0. The summed E-state index contributed by atoms with van der Waals surface area (Å²) in [6.07, 6.45) is 0.629. The van der Waals surface area contributed by atoms with Crippen LogP contribution in [-0.4, -0.2) is 36.0 Å². The summed E-state index contributed by atoms with van der Waals surface area (Å²) in [6, 6.07) is 0. The Morgan fingerprint density at radius 1 is 1.43 bits per heavy atom. The van der Waals surface area contributed by atoms with E-state index in [1.54, 1.807) is 0 Å². The van der Waals surface area contributed by atoms with Crippen LogP contribution in [-0.2, 0) is 4.79 Å². The van der Waals surface area contributed by atoms with Crippen LogP contribution < -0.4 is 5.32 Å². The molecule has 0 bridgehead atoms. The molecule has 14 heavy (non-hydrogen) atoms. The third kappa shape index (κ3) is 2.98. The quantitative estimate of drug-likeness (QED) is 0.635. The number of carbonyl (C=O) groups is 1. The molecule has 0 aliphatic carbocycles. The summed E-state index contributed by atoms with van der Waals surface area (Å²) in [5, 5.41) is 3.29. The van der Waals surface area contributed by atoms with E-state index >= 15 is 0 Å². The second-order valence-electron chi connectivity index (χ2n) is 5.23. The Labute approximate surface area is 86.9 Å². The van der Waals surface area contributed by atoms with E-state index in [1.165, 1.54) is 0 Å². The van der Waals surface area contributed by atoms with Crippen molar-refractivity contribution >= 4 is 5.91 Å². The zero-order valence-corrected chi connectivity index (χ0v) is 9.76. The van der Waals surface area contributed by atoms with Crippen LogP contribution in [0.2, 0.25) is 0 Å². The smallest absolute Gasteiger partial charge is 0.224 e. The number of nitrogens with zero attached hydrogens (tertiary/aromatic N) is 1. The third-order valence-electron chi connectivity index (χ3n) is 2.61. The molecule has 3 heteroatoms. The van der Waals surface area contributed by atoms with E-state index in [1.807, 2.05) is 4.90 Å². The van der Waals surface area contributed by atoms with E-state index in [2.05, 4.69) is 33.0 Å². The van der Waals surface area contributed by atoms with E-state index < -0.39 is 0 Å². The lowest BCUT2D eigenvalue weighted by Crippen LogP contribution is -2.51. The molecule has 1 atom stereocenters. The van der Waals surface area contributed by atoms with Crippen molar-refractivity contribution < 1.29 is 4.79 Å². The molecule has 1 N–H and O–H groups in total. The molecule has 1 fully saturated rings. The largest absolute Gasteiger partial charge is 0.338 e. The maximum absolute atomic E-state index is 11.8. The molecule has 1 saturated heterocycles. The van der Waals surface area contributed by atoms with Crippen LogP contribution in [0.3, 0.4) is 0 Å². The minimum Gasteiger partial charge on any atom is -0.338 e. The minimum atomic E-state index is -0.0390. The predicted molar refractivity (Wildman–Crippen MR) is 58.1 cm³/mol. The monoisotopic (exact) mass is 198 g/mol. The first-order chi connectivity index (χ1) is 6.41. The van der Waals surface area contributed by atoms with Gasteiger partial charge in [-0.2, -0.15) is 0 Å². The molecule has 0 aromatic rings. The number of hydrogen-bond donors (Lipinski definition) is 1. The molecule has 1 amide bonds. The number of nitrogens with one attached hydrogen (secondary N) is 1. The zero-order chi connectivity index (χ0) is 10.8. The van der Waals surface area contributed by atoms with E-state index in [9.17, 15) is 4.79 Å². The lowest BCUT2D eigenvalue weighted by molar-refractivity contribution is -0.137. The van der Waals surface area contributed by atoms with Gasteiger partial charge in [0.15, 0.2) is 0 Å². The molecule has 1 aliphatic rings. The fourth-order valence-electron chi connectivity index (χ4n) is 1.80. The topological polar surface area (TPSA) is 32.3 Å². The van der Waals surface area contributed by atoms with E-state index in [0.717, 1.165) is 19.6 Å². The van der Waals surface area contributed by atoms with Crippen LogP contribution in [0.5, 0.6) is 0 Å². The predicted octanol–water partition coefficient (Wildman–Crippen LogP) is 1.24. The van der Waals surface area contributed by atoms with E-state index in [-0.39, 0.29) is 11.4 Å². The Morgan fingerprint density at radius 2 is 2.07 bits per heavy atom. The van der Waals surface area contributed by atoms with Crippen molar-refractivity contribution in [1.82, 2.24) is 10.2 Å². The second-order valence-corrected chi connectivity index (χ2v) is 5.23. The SMILES string of the molecule is CC1CNCCC(=O)N(C(C)(C)C)C1. The van der Waals surface area contributed by atoms with Crippen molar-refractivity contribution in [2.75, 3.05) is 19.6 Å². The van der Waals surface area contributed by atoms with Gasteiger partial charge in [-0.25, -0.2) is 0 Å². The van der Waals surface area contributed by atoms with Crippen molar-refractivity contribution in [2.45, 2.75) is 39.7 Å². The first-order valence-corrected chi connectivity index (χ1v) is 5.42. The van der Waals surface area contributed by atoms with Crippen molar-refractivity contribution in [2.24, 2.45) is 5.92 Å². The highest BCUT2D eigenvalue weighted by Crippen LogP contribution is 2.17. The van der Waals surface area contributed by atoms with E-state index in [4.69, 9.17) is 0 Å². The summed E-state index contributed by atoms with van der Waals surface area (Å²) in [5.74, 6) is 0.815. The molecule has 1 unspecified atom stereocenters. The highest BCUT2D eigenvalue weighted by atomic mass is 16.2. The molecule has 0 aromatic heterocycles. The minimum absolute atomic E-state index is 0.0390. The number of rotatable bonds is 0. The van der Waals surface area contributed by atoms with Gasteiger partial charge in [0, 0.05) is 25.0 Å². The highest BCUT2D eigenvalue weighted by Gasteiger charge is 2.28. The molecule has 0 aromatic carbocycles. The number of amides is 1. The van der Waals surface area contributed by atoms with Crippen LogP contribution in [0.1, 0.15) is 34.1 Å². The van der Waals surface area contributed by atoms with Crippen LogP contribution in [0.4, 0.5) is 0 Å². The average molecular weight is 198 g/mol. The Balaban J connectivity index is 2.71. The van der Waals surface area contributed by atoms with Crippen LogP contribution in [0.25, 0.3) is 0 Å². The van der Waals surface area contributed by atoms with Crippen LogP contribution in [0, 0.1) is 5.92 Å². The maximum atomic E-state index is 11.8. The van der Waals surface area contributed by atoms with Gasteiger partial charge in [0.1, 0.15) is 0 Å². The molecular formula is C11H22N2O. The summed E-state index contributed by atoms with van der Waals surface area (Å²) in [4.78, 5) is 13.9. The molecule has 82 valence electrons. The molecular weight excluding hydrogens is 176 g/mol. The normalized spacial score (nSPS) is 25.9. The Hall–Kier alpha value is -0.570. The van der Waals surface area contributed by atoms with Gasteiger partial charge in [-0.1, -0.05) is 6.92 Å². The number of carbonyl (C=O) groups excluding carboxylic acids is 1. The van der Waals surface area contributed by atoms with Crippen LogP contribution >= 0.6 is 0 Å².